The molecular formula is C15H23ClN2O. The summed E-state index contributed by atoms with van der Waals surface area (Å²) in [6.45, 7) is 5.92. The second-order valence-electron chi connectivity index (χ2n) is 4.97. The molecule has 1 heterocycles. The lowest BCUT2D eigenvalue weighted by Gasteiger charge is -2.41. The van der Waals surface area contributed by atoms with Crippen molar-refractivity contribution in [2.24, 2.45) is 0 Å². The molecule has 2 rings (SSSR count). The summed E-state index contributed by atoms with van der Waals surface area (Å²) in [6, 6.07) is 8.36. The number of halogens is 1. The van der Waals surface area contributed by atoms with Crippen LogP contribution in [0, 0.1) is 0 Å². The second kappa shape index (κ2) is 7.25. The molecule has 1 aromatic rings. The highest BCUT2D eigenvalue weighted by atomic mass is 35.5. The van der Waals surface area contributed by atoms with E-state index in [4.69, 9.17) is 16.3 Å². The molecular weight excluding hydrogens is 260 g/mol. The van der Waals surface area contributed by atoms with Gasteiger partial charge in [-0.15, -0.1) is 0 Å². The van der Waals surface area contributed by atoms with E-state index in [-0.39, 0.29) is 12.1 Å². The van der Waals surface area contributed by atoms with Crippen molar-refractivity contribution in [3.8, 4) is 0 Å². The van der Waals surface area contributed by atoms with Gasteiger partial charge in [-0.1, -0.05) is 36.7 Å². The van der Waals surface area contributed by atoms with Gasteiger partial charge in [0.1, 0.15) is 0 Å². The molecule has 1 N–H and O–H groups in total. The van der Waals surface area contributed by atoms with Crippen LogP contribution in [0.2, 0.25) is 5.02 Å². The summed E-state index contributed by atoms with van der Waals surface area (Å²) in [5.74, 6) is 0. The van der Waals surface area contributed by atoms with Gasteiger partial charge in [0.25, 0.3) is 0 Å². The molecule has 0 amide bonds. The molecule has 0 saturated carbocycles. The summed E-state index contributed by atoms with van der Waals surface area (Å²) >= 11 is 6.39. The topological polar surface area (TPSA) is 24.5 Å². The Kier molecular flexibility index (Phi) is 5.64. The molecule has 106 valence electrons. The predicted molar refractivity (Wildman–Crippen MR) is 79.7 cm³/mol. The number of likely N-dealkylation sites (N-methyl/N-ethyl adjacent to an activating group) is 1. The summed E-state index contributed by atoms with van der Waals surface area (Å²) in [4.78, 5) is 2.49. The molecule has 0 spiro atoms. The van der Waals surface area contributed by atoms with Gasteiger partial charge >= 0.3 is 0 Å². The van der Waals surface area contributed by atoms with E-state index in [1.54, 1.807) is 0 Å². The zero-order chi connectivity index (χ0) is 13.7. The van der Waals surface area contributed by atoms with E-state index in [0.29, 0.717) is 0 Å². The summed E-state index contributed by atoms with van der Waals surface area (Å²) in [6.07, 6.45) is 1.30. The third kappa shape index (κ3) is 3.48. The van der Waals surface area contributed by atoms with Gasteiger partial charge in [0.2, 0.25) is 0 Å². The van der Waals surface area contributed by atoms with Crippen molar-refractivity contribution in [2.45, 2.75) is 25.5 Å². The van der Waals surface area contributed by atoms with E-state index in [9.17, 15) is 0 Å². The molecule has 4 heteroatoms. The zero-order valence-corrected chi connectivity index (χ0v) is 12.5. The van der Waals surface area contributed by atoms with Crippen LogP contribution in [0.25, 0.3) is 0 Å². The van der Waals surface area contributed by atoms with Crippen LogP contribution in [0.5, 0.6) is 0 Å². The SMILES string of the molecule is CCCN1CCOC(CNC)C1c1ccccc1Cl. The van der Waals surface area contributed by atoms with E-state index in [1.165, 1.54) is 5.56 Å². The smallest absolute Gasteiger partial charge is 0.0896 e. The lowest BCUT2D eigenvalue weighted by molar-refractivity contribution is -0.0704. The van der Waals surface area contributed by atoms with Crippen molar-refractivity contribution in [3.63, 3.8) is 0 Å². The molecule has 1 aliphatic heterocycles. The first-order chi connectivity index (χ1) is 9.27. The predicted octanol–water partition coefficient (Wildman–Crippen LogP) is 2.71. The van der Waals surface area contributed by atoms with Gasteiger partial charge in [-0.25, -0.2) is 0 Å². The van der Waals surface area contributed by atoms with Crippen LogP contribution in [0.15, 0.2) is 24.3 Å². The molecule has 0 bridgehead atoms. The maximum Gasteiger partial charge on any atom is 0.0896 e. The highest BCUT2D eigenvalue weighted by molar-refractivity contribution is 6.31. The second-order valence-corrected chi connectivity index (χ2v) is 5.38. The normalized spacial score (nSPS) is 24.6. The summed E-state index contributed by atoms with van der Waals surface area (Å²) < 4.78 is 5.95. The van der Waals surface area contributed by atoms with Crippen LogP contribution in [-0.4, -0.2) is 44.3 Å². The highest BCUT2D eigenvalue weighted by Crippen LogP contribution is 2.33. The minimum absolute atomic E-state index is 0.158. The zero-order valence-electron chi connectivity index (χ0n) is 11.7. The van der Waals surface area contributed by atoms with Crippen LogP contribution in [-0.2, 0) is 4.74 Å². The van der Waals surface area contributed by atoms with Gasteiger partial charge in [-0.2, -0.15) is 0 Å². The number of hydrogen-bond donors (Lipinski definition) is 1. The number of ether oxygens (including phenoxy) is 1. The van der Waals surface area contributed by atoms with Gasteiger partial charge in [0.05, 0.1) is 18.8 Å². The fourth-order valence-electron chi connectivity index (χ4n) is 2.81. The van der Waals surface area contributed by atoms with Crippen molar-refractivity contribution in [1.29, 1.82) is 0 Å². The van der Waals surface area contributed by atoms with Gasteiger partial charge < -0.3 is 10.1 Å². The monoisotopic (exact) mass is 282 g/mol. The maximum absolute atomic E-state index is 6.39. The lowest BCUT2D eigenvalue weighted by Crippen LogP contribution is -2.49. The molecule has 1 aromatic carbocycles. The van der Waals surface area contributed by atoms with Crippen LogP contribution >= 0.6 is 11.6 Å². The van der Waals surface area contributed by atoms with Gasteiger partial charge in [-0.05, 0) is 31.6 Å². The standard InChI is InChI=1S/C15H23ClN2O/c1-3-8-18-9-10-19-14(11-17-2)15(18)12-6-4-5-7-13(12)16/h4-7,14-15,17H,3,8-11H2,1-2H3. The largest absolute Gasteiger partial charge is 0.374 e. The lowest BCUT2D eigenvalue weighted by atomic mass is 9.97. The Bertz CT molecular complexity index is 381. The fraction of sp³-hybridized carbons (Fsp3) is 0.600. The summed E-state index contributed by atoms with van der Waals surface area (Å²) in [5, 5.41) is 4.06. The van der Waals surface area contributed by atoms with E-state index in [1.807, 2.05) is 19.2 Å². The van der Waals surface area contributed by atoms with Crippen molar-refractivity contribution in [1.82, 2.24) is 10.2 Å². The first kappa shape index (κ1) is 14.8. The number of nitrogens with one attached hydrogen (secondary N) is 1. The Labute approximate surface area is 120 Å². The molecule has 2 atom stereocenters. The Balaban J connectivity index is 2.29. The Morgan fingerprint density at radius 2 is 2.21 bits per heavy atom. The first-order valence-corrected chi connectivity index (χ1v) is 7.40. The van der Waals surface area contributed by atoms with Crippen LogP contribution in [0.4, 0.5) is 0 Å². The van der Waals surface area contributed by atoms with Gasteiger partial charge in [0.15, 0.2) is 0 Å². The van der Waals surface area contributed by atoms with E-state index < -0.39 is 0 Å². The maximum atomic E-state index is 6.39. The number of rotatable bonds is 5. The van der Waals surface area contributed by atoms with Crippen LogP contribution in [0.3, 0.4) is 0 Å². The molecule has 0 aromatic heterocycles. The number of nitrogens with zero attached hydrogens (tertiary/aromatic N) is 1. The van der Waals surface area contributed by atoms with Crippen molar-refractivity contribution < 1.29 is 4.74 Å². The summed E-state index contributed by atoms with van der Waals surface area (Å²) in [5.41, 5.74) is 1.18. The van der Waals surface area contributed by atoms with Crippen molar-refractivity contribution in [2.75, 3.05) is 33.3 Å². The Morgan fingerprint density at radius 1 is 1.42 bits per heavy atom. The number of morpholine rings is 1. The quantitative estimate of drug-likeness (QED) is 0.899. The molecule has 1 saturated heterocycles. The van der Waals surface area contributed by atoms with E-state index in [0.717, 1.165) is 37.7 Å². The minimum Gasteiger partial charge on any atom is -0.374 e. The number of benzene rings is 1. The van der Waals surface area contributed by atoms with Crippen LogP contribution < -0.4 is 5.32 Å². The molecule has 2 unspecified atom stereocenters. The van der Waals surface area contributed by atoms with Gasteiger partial charge in [-0.3, -0.25) is 4.90 Å². The molecule has 3 nitrogen and oxygen atoms in total. The minimum atomic E-state index is 0.158. The third-order valence-corrected chi connectivity index (χ3v) is 3.94. The average molecular weight is 283 g/mol. The Morgan fingerprint density at radius 3 is 2.89 bits per heavy atom. The van der Waals surface area contributed by atoms with Crippen molar-refractivity contribution in [3.05, 3.63) is 34.9 Å². The third-order valence-electron chi connectivity index (χ3n) is 3.60. The molecule has 19 heavy (non-hydrogen) atoms. The van der Waals surface area contributed by atoms with Crippen molar-refractivity contribution >= 4 is 11.6 Å². The average Bonchev–Trinajstić information content (AvgIpc) is 2.41. The molecule has 1 aliphatic rings. The van der Waals surface area contributed by atoms with Crippen LogP contribution in [0.1, 0.15) is 24.9 Å². The Hall–Kier alpha value is -0.610. The molecule has 0 radical (unpaired) electrons. The van der Waals surface area contributed by atoms with E-state index >= 15 is 0 Å². The van der Waals surface area contributed by atoms with E-state index in [2.05, 4.69) is 29.3 Å². The summed E-state index contributed by atoms with van der Waals surface area (Å²) in [7, 11) is 1.96. The highest BCUT2D eigenvalue weighted by Gasteiger charge is 2.33. The number of hydrogen-bond acceptors (Lipinski definition) is 3. The first-order valence-electron chi connectivity index (χ1n) is 7.02. The molecule has 0 aliphatic carbocycles. The van der Waals surface area contributed by atoms with Gasteiger partial charge in [0, 0.05) is 18.1 Å². The molecule has 1 fully saturated rings. The fourth-order valence-corrected chi connectivity index (χ4v) is 3.06.